The first-order valence-corrected chi connectivity index (χ1v) is 6.02. The molecule has 0 saturated heterocycles. The smallest absolute Gasteiger partial charge is 0.276 e. The molecule has 0 aliphatic heterocycles. The summed E-state index contributed by atoms with van der Waals surface area (Å²) in [4.78, 5) is 18.6. The fourth-order valence-corrected chi connectivity index (χ4v) is 2.22. The molecule has 100 valence electrons. The number of nitrogens with one attached hydrogen (secondary N) is 1. The highest BCUT2D eigenvalue weighted by Gasteiger charge is 2.16. The number of hydrogen-bond donors (Lipinski definition) is 2. The minimum absolute atomic E-state index is 0.0154. The van der Waals surface area contributed by atoms with E-state index in [9.17, 15) is 4.79 Å². The van der Waals surface area contributed by atoms with Crippen molar-refractivity contribution in [1.82, 2.24) is 14.5 Å². The van der Waals surface area contributed by atoms with E-state index in [4.69, 9.17) is 15.4 Å². The molecule has 0 unspecified atom stereocenters. The molecule has 0 aliphatic rings. The van der Waals surface area contributed by atoms with Gasteiger partial charge in [0.1, 0.15) is 17.3 Å². The van der Waals surface area contributed by atoms with Crippen molar-refractivity contribution in [2.75, 3.05) is 6.54 Å². The van der Waals surface area contributed by atoms with Gasteiger partial charge in [0.25, 0.3) is 5.56 Å². The van der Waals surface area contributed by atoms with Gasteiger partial charge in [0.2, 0.25) is 5.82 Å². The zero-order chi connectivity index (χ0) is 14.1. The second kappa shape index (κ2) is 4.68. The number of nitrogens with zero attached hydrogens (tertiary/aromatic N) is 3. The highest BCUT2D eigenvalue weighted by atomic mass is 16.3. The minimum atomic E-state index is -0.363. The first-order chi connectivity index (χ1) is 9.74. The van der Waals surface area contributed by atoms with Crippen molar-refractivity contribution in [1.29, 1.82) is 5.26 Å². The van der Waals surface area contributed by atoms with Crippen LogP contribution in [0.15, 0.2) is 33.7 Å². The molecule has 3 aromatic heterocycles. The molecule has 3 heterocycles. The van der Waals surface area contributed by atoms with Crippen LogP contribution < -0.4 is 11.3 Å². The monoisotopic (exact) mass is 269 g/mol. The molecule has 0 radical (unpaired) electrons. The highest BCUT2D eigenvalue weighted by molar-refractivity contribution is 5.82. The summed E-state index contributed by atoms with van der Waals surface area (Å²) >= 11 is 0. The third-order valence-electron chi connectivity index (χ3n) is 2.99. The topological polar surface area (TPSA) is 114 Å². The molecule has 20 heavy (non-hydrogen) atoms. The molecule has 0 saturated carbocycles. The van der Waals surface area contributed by atoms with Crippen LogP contribution in [0.1, 0.15) is 5.82 Å². The molecule has 0 fully saturated rings. The van der Waals surface area contributed by atoms with Crippen LogP contribution in [-0.4, -0.2) is 21.1 Å². The van der Waals surface area contributed by atoms with E-state index >= 15 is 0 Å². The van der Waals surface area contributed by atoms with Gasteiger partial charge in [-0.05, 0) is 18.2 Å². The van der Waals surface area contributed by atoms with Crippen LogP contribution >= 0.6 is 0 Å². The van der Waals surface area contributed by atoms with Crippen LogP contribution in [0.25, 0.3) is 22.5 Å². The van der Waals surface area contributed by atoms with Crippen LogP contribution in [-0.2, 0) is 6.54 Å². The molecule has 7 nitrogen and oxygen atoms in total. The fraction of sp³-hybridized carbons (Fsp3) is 0.154. The lowest BCUT2D eigenvalue weighted by Gasteiger charge is -2.06. The van der Waals surface area contributed by atoms with Gasteiger partial charge in [0.15, 0.2) is 0 Å². The van der Waals surface area contributed by atoms with Crippen molar-refractivity contribution in [2.45, 2.75) is 6.54 Å². The Morgan fingerprint density at radius 2 is 2.40 bits per heavy atom. The number of nitriles is 1. The number of furan rings is 1. The fourth-order valence-electron chi connectivity index (χ4n) is 2.22. The van der Waals surface area contributed by atoms with Gasteiger partial charge >= 0.3 is 0 Å². The lowest BCUT2D eigenvalue weighted by atomic mass is 10.3. The van der Waals surface area contributed by atoms with Crippen LogP contribution in [0.2, 0.25) is 0 Å². The molecule has 0 spiro atoms. The van der Waals surface area contributed by atoms with Gasteiger partial charge in [-0.2, -0.15) is 5.26 Å². The Hall–Kier alpha value is -2.85. The largest absolute Gasteiger partial charge is 0.463 e. The number of fused-ring (bicyclic) bond motifs is 1. The van der Waals surface area contributed by atoms with Crippen LogP contribution in [0.3, 0.4) is 0 Å². The van der Waals surface area contributed by atoms with Crippen molar-refractivity contribution in [3.8, 4) is 17.5 Å². The van der Waals surface area contributed by atoms with Crippen molar-refractivity contribution < 1.29 is 4.42 Å². The van der Waals surface area contributed by atoms with Crippen molar-refractivity contribution in [3.63, 3.8) is 0 Å². The van der Waals surface area contributed by atoms with E-state index in [1.807, 2.05) is 6.07 Å². The predicted molar refractivity (Wildman–Crippen MR) is 71.8 cm³/mol. The molecule has 0 aromatic carbocycles. The van der Waals surface area contributed by atoms with Gasteiger partial charge in [0.05, 0.1) is 17.5 Å². The molecule has 0 atom stereocenters. The van der Waals surface area contributed by atoms with Crippen LogP contribution in [0.4, 0.5) is 0 Å². The maximum absolute atomic E-state index is 12.1. The van der Waals surface area contributed by atoms with E-state index in [-0.39, 0.29) is 11.4 Å². The van der Waals surface area contributed by atoms with E-state index in [1.165, 1.54) is 0 Å². The van der Waals surface area contributed by atoms with Gasteiger partial charge < -0.3 is 14.7 Å². The Morgan fingerprint density at radius 1 is 1.55 bits per heavy atom. The number of nitrogens with two attached hydrogens (primary N) is 1. The van der Waals surface area contributed by atoms with Crippen molar-refractivity contribution in [3.05, 3.63) is 40.6 Å². The molecule has 7 heteroatoms. The number of aromatic nitrogens is 3. The summed E-state index contributed by atoms with van der Waals surface area (Å²) in [5.41, 5.74) is 6.79. The molecule has 0 aliphatic carbocycles. The molecular formula is C13H11N5O2. The van der Waals surface area contributed by atoms with Gasteiger partial charge in [-0.3, -0.25) is 9.78 Å². The van der Waals surface area contributed by atoms with E-state index < -0.39 is 0 Å². The molecule has 3 N–H and O–H groups in total. The maximum atomic E-state index is 12.1. The van der Waals surface area contributed by atoms with Gasteiger partial charge in [0, 0.05) is 13.1 Å². The zero-order valence-corrected chi connectivity index (χ0v) is 10.5. The highest BCUT2D eigenvalue weighted by Crippen LogP contribution is 2.25. The van der Waals surface area contributed by atoms with Crippen molar-refractivity contribution in [2.24, 2.45) is 5.73 Å². The lowest BCUT2D eigenvalue weighted by molar-refractivity contribution is 0.573. The summed E-state index contributed by atoms with van der Waals surface area (Å²) < 4.78 is 7.12. The summed E-state index contributed by atoms with van der Waals surface area (Å²) in [6, 6.07) is 7.11. The summed E-state index contributed by atoms with van der Waals surface area (Å²) in [6.07, 6.45) is 1.55. The molecule has 3 aromatic rings. The predicted octanol–water partition coefficient (Wildman–Crippen LogP) is 0.815. The average Bonchev–Trinajstić information content (AvgIpc) is 3.06. The van der Waals surface area contributed by atoms with Gasteiger partial charge in [-0.25, -0.2) is 4.98 Å². The number of rotatable bonds is 3. The second-order valence-corrected chi connectivity index (χ2v) is 4.21. The minimum Gasteiger partial charge on any atom is -0.463 e. The summed E-state index contributed by atoms with van der Waals surface area (Å²) in [5.74, 6) is 0.604. The maximum Gasteiger partial charge on any atom is 0.276 e. The molecular weight excluding hydrogens is 258 g/mol. The molecule has 0 amide bonds. The quantitative estimate of drug-likeness (QED) is 0.730. The van der Waals surface area contributed by atoms with Crippen molar-refractivity contribution >= 4 is 11.0 Å². The van der Waals surface area contributed by atoms with E-state index in [1.54, 1.807) is 29.0 Å². The Labute approximate surface area is 113 Å². The van der Waals surface area contributed by atoms with Crippen LogP contribution in [0, 0.1) is 11.3 Å². The van der Waals surface area contributed by atoms with E-state index in [2.05, 4.69) is 9.97 Å². The molecule has 3 rings (SSSR count). The number of aromatic amines is 1. The first kappa shape index (κ1) is 12.2. The Morgan fingerprint density at radius 3 is 3.05 bits per heavy atom. The Kier molecular flexibility index (Phi) is 2.85. The van der Waals surface area contributed by atoms with Crippen LogP contribution in [0.5, 0.6) is 0 Å². The summed E-state index contributed by atoms with van der Waals surface area (Å²) in [7, 11) is 0. The number of H-pyrrole nitrogens is 1. The normalized spacial score (nSPS) is 10.8. The first-order valence-electron chi connectivity index (χ1n) is 6.02. The standard InChI is InChI=1S/C13H11N5O2/c14-3-4-18-9(10-2-1-5-20-10)6-8-12(18)13(19)17-11(7-15)16-8/h1-2,5-6H,3-4,14H2,(H,16,17,19). The van der Waals surface area contributed by atoms with E-state index in [0.29, 0.717) is 35.6 Å². The zero-order valence-electron chi connectivity index (χ0n) is 10.5. The third-order valence-corrected chi connectivity index (χ3v) is 2.99. The van der Waals surface area contributed by atoms with Gasteiger partial charge in [-0.15, -0.1) is 0 Å². The summed E-state index contributed by atoms with van der Waals surface area (Å²) in [6.45, 7) is 0.827. The lowest BCUT2D eigenvalue weighted by Crippen LogP contribution is -2.17. The third kappa shape index (κ3) is 1.79. The summed E-state index contributed by atoms with van der Waals surface area (Å²) in [5, 5.41) is 8.86. The average molecular weight is 269 g/mol. The Balaban J connectivity index is 2.36. The van der Waals surface area contributed by atoms with Gasteiger partial charge in [-0.1, -0.05) is 0 Å². The van der Waals surface area contributed by atoms with E-state index in [0.717, 1.165) is 0 Å². The number of hydrogen-bond acceptors (Lipinski definition) is 5. The second-order valence-electron chi connectivity index (χ2n) is 4.21. The Bertz CT molecular complexity index is 851. The SMILES string of the molecule is N#Cc1nc2cc(-c3ccco3)n(CCN)c2c(=O)[nH]1. The molecule has 0 bridgehead atoms.